The number of nitrogens with zero attached hydrogens (tertiary/aromatic N) is 1. The van der Waals surface area contributed by atoms with E-state index in [0.29, 0.717) is 6.04 Å². The lowest BCUT2D eigenvalue weighted by Gasteiger charge is -2.16. The molecule has 0 fully saturated rings. The van der Waals surface area contributed by atoms with E-state index in [0.717, 1.165) is 0 Å². The molecule has 0 saturated heterocycles. The van der Waals surface area contributed by atoms with Crippen LogP contribution in [0.1, 0.15) is 46.2 Å². The maximum atomic E-state index is 2.25. The van der Waals surface area contributed by atoms with Gasteiger partial charge in [-0.05, 0) is 30.9 Å². The summed E-state index contributed by atoms with van der Waals surface area (Å²) in [7, 11) is 0. The van der Waals surface area contributed by atoms with E-state index in [1.165, 1.54) is 5.56 Å². The van der Waals surface area contributed by atoms with E-state index in [1.54, 1.807) is 0 Å². The standard InChI is InChI=1S/C11H19N/c1-9(2)12-7-6-10(8-12)11(3,4)5/h6-9H,1-5H3. The zero-order valence-electron chi connectivity index (χ0n) is 8.76. The molecule has 12 heavy (non-hydrogen) atoms. The molecule has 0 aromatic carbocycles. The topological polar surface area (TPSA) is 4.93 Å². The number of rotatable bonds is 1. The van der Waals surface area contributed by atoms with Gasteiger partial charge in [0.2, 0.25) is 0 Å². The predicted octanol–water partition coefficient (Wildman–Crippen LogP) is 3.37. The normalized spacial score (nSPS) is 12.5. The Labute approximate surface area is 75.4 Å². The molecule has 1 nitrogen and oxygen atoms in total. The summed E-state index contributed by atoms with van der Waals surface area (Å²) in [6.45, 7) is 11.1. The highest BCUT2D eigenvalue weighted by Gasteiger charge is 2.14. The van der Waals surface area contributed by atoms with E-state index in [1.807, 2.05) is 0 Å². The Morgan fingerprint density at radius 1 is 1.25 bits per heavy atom. The molecule has 1 heteroatoms. The van der Waals surface area contributed by atoms with Crippen LogP contribution in [0.15, 0.2) is 18.5 Å². The summed E-state index contributed by atoms with van der Waals surface area (Å²) in [4.78, 5) is 0. The third kappa shape index (κ3) is 1.90. The van der Waals surface area contributed by atoms with Crippen LogP contribution < -0.4 is 0 Å². The SMILES string of the molecule is CC(C)n1ccc(C(C)(C)C)c1. The van der Waals surface area contributed by atoms with Crippen LogP contribution in [0.25, 0.3) is 0 Å². The fourth-order valence-corrected chi connectivity index (χ4v) is 1.18. The highest BCUT2D eigenvalue weighted by Crippen LogP contribution is 2.23. The molecule has 1 aromatic heterocycles. The monoisotopic (exact) mass is 165 g/mol. The quantitative estimate of drug-likeness (QED) is 0.601. The van der Waals surface area contributed by atoms with Crippen LogP contribution in [0, 0.1) is 0 Å². The molecule has 0 spiro atoms. The highest BCUT2D eigenvalue weighted by molar-refractivity contribution is 5.19. The first kappa shape index (κ1) is 9.37. The molecule has 1 rings (SSSR count). The maximum Gasteiger partial charge on any atom is 0.0274 e. The van der Waals surface area contributed by atoms with Gasteiger partial charge in [-0.15, -0.1) is 0 Å². The van der Waals surface area contributed by atoms with Crippen molar-refractivity contribution in [2.24, 2.45) is 0 Å². The Morgan fingerprint density at radius 3 is 2.08 bits per heavy atom. The molecule has 0 N–H and O–H groups in total. The second-order valence-corrected chi connectivity index (χ2v) is 4.69. The van der Waals surface area contributed by atoms with Crippen molar-refractivity contribution in [1.29, 1.82) is 0 Å². The van der Waals surface area contributed by atoms with Crippen LogP contribution >= 0.6 is 0 Å². The lowest BCUT2D eigenvalue weighted by Crippen LogP contribution is -2.09. The first-order valence-corrected chi connectivity index (χ1v) is 4.59. The van der Waals surface area contributed by atoms with Crippen molar-refractivity contribution in [2.75, 3.05) is 0 Å². The van der Waals surface area contributed by atoms with Crippen LogP contribution in [-0.4, -0.2) is 4.57 Å². The van der Waals surface area contributed by atoms with Crippen molar-refractivity contribution in [1.82, 2.24) is 4.57 Å². The molecule has 0 amide bonds. The summed E-state index contributed by atoms with van der Waals surface area (Å²) in [6.07, 6.45) is 4.40. The van der Waals surface area contributed by atoms with Gasteiger partial charge in [0.1, 0.15) is 0 Å². The molecule has 0 bridgehead atoms. The van der Waals surface area contributed by atoms with Crippen LogP contribution in [0.3, 0.4) is 0 Å². The number of hydrogen-bond acceptors (Lipinski definition) is 0. The Morgan fingerprint density at radius 2 is 1.83 bits per heavy atom. The summed E-state index contributed by atoms with van der Waals surface area (Å²) in [5.41, 5.74) is 1.69. The summed E-state index contributed by atoms with van der Waals surface area (Å²) >= 11 is 0. The Bertz CT molecular complexity index is 250. The second-order valence-electron chi connectivity index (χ2n) is 4.69. The average molecular weight is 165 g/mol. The molecule has 0 saturated carbocycles. The average Bonchev–Trinajstić information content (AvgIpc) is 2.30. The summed E-state index contributed by atoms with van der Waals surface area (Å²) in [5.74, 6) is 0. The first-order valence-electron chi connectivity index (χ1n) is 4.59. The minimum atomic E-state index is 0.278. The molecule has 0 atom stereocenters. The smallest absolute Gasteiger partial charge is 0.0274 e. The molecule has 0 radical (unpaired) electrons. The van der Waals surface area contributed by atoms with Crippen LogP contribution in [0.2, 0.25) is 0 Å². The van der Waals surface area contributed by atoms with E-state index in [4.69, 9.17) is 0 Å². The molecule has 1 aromatic rings. The van der Waals surface area contributed by atoms with Gasteiger partial charge in [-0.25, -0.2) is 0 Å². The molecular weight excluding hydrogens is 146 g/mol. The van der Waals surface area contributed by atoms with Crippen LogP contribution in [-0.2, 0) is 5.41 Å². The molecule has 1 heterocycles. The van der Waals surface area contributed by atoms with Gasteiger partial charge in [-0.1, -0.05) is 20.8 Å². The number of hydrogen-bond donors (Lipinski definition) is 0. The van der Waals surface area contributed by atoms with E-state index in [2.05, 4.69) is 57.6 Å². The highest BCUT2D eigenvalue weighted by atomic mass is 15.0. The lowest BCUT2D eigenvalue weighted by molar-refractivity contribution is 0.571. The Kier molecular flexibility index (Phi) is 2.31. The van der Waals surface area contributed by atoms with E-state index in [9.17, 15) is 0 Å². The van der Waals surface area contributed by atoms with Gasteiger partial charge in [0, 0.05) is 18.4 Å². The lowest BCUT2D eigenvalue weighted by atomic mass is 9.89. The van der Waals surface area contributed by atoms with E-state index >= 15 is 0 Å². The minimum Gasteiger partial charge on any atom is -0.352 e. The fraction of sp³-hybridized carbons (Fsp3) is 0.636. The molecule has 68 valence electrons. The third-order valence-corrected chi connectivity index (χ3v) is 2.18. The largest absolute Gasteiger partial charge is 0.352 e. The minimum absolute atomic E-state index is 0.278. The van der Waals surface area contributed by atoms with Crippen LogP contribution in [0.5, 0.6) is 0 Å². The van der Waals surface area contributed by atoms with Gasteiger partial charge in [0.25, 0.3) is 0 Å². The van der Waals surface area contributed by atoms with Crippen molar-refractivity contribution in [3.8, 4) is 0 Å². The van der Waals surface area contributed by atoms with Gasteiger partial charge in [-0.3, -0.25) is 0 Å². The summed E-state index contributed by atoms with van der Waals surface area (Å²) < 4.78 is 2.25. The first-order chi connectivity index (χ1) is 5.41. The van der Waals surface area contributed by atoms with Gasteiger partial charge < -0.3 is 4.57 Å². The second kappa shape index (κ2) is 2.96. The molecule has 0 unspecified atom stereocenters. The van der Waals surface area contributed by atoms with Gasteiger partial charge >= 0.3 is 0 Å². The van der Waals surface area contributed by atoms with Crippen molar-refractivity contribution in [2.45, 2.75) is 46.1 Å². The summed E-state index contributed by atoms with van der Waals surface area (Å²) in [5, 5.41) is 0. The zero-order valence-corrected chi connectivity index (χ0v) is 8.76. The third-order valence-electron chi connectivity index (χ3n) is 2.18. The van der Waals surface area contributed by atoms with E-state index in [-0.39, 0.29) is 5.41 Å². The van der Waals surface area contributed by atoms with Crippen molar-refractivity contribution >= 4 is 0 Å². The zero-order chi connectivity index (χ0) is 9.35. The summed E-state index contributed by atoms with van der Waals surface area (Å²) in [6, 6.07) is 2.78. The predicted molar refractivity (Wildman–Crippen MR) is 53.5 cm³/mol. The maximum absolute atomic E-state index is 2.25. The van der Waals surface area contributed by atoms with Crippen LogP contribution in [0.4, 0.5) is 0 Å². The van der Waals surface area contributed by atoms with Crippen molar-refractivity contribution < 1.29 is 0 Å². The Hall–Kier alpha value is -0.720. The van der Waals surface area contributed by atoms with Gasteiger partial charge in [0.05, 0.1) is 0 Å². The number of aromatic nitrogens is 1. The van der Waals surface area contributed by atoms with Crippen molar-refractivity contribution in [3.05, 3.63) is 24.0 Å². The van der Waals surface area contributed by atoms with Gasteiger partial charge in [0.15, 0.2) is 0 Å². The molecule has 0 aliphatic rings. The fourth-order valence-electron chi connectivity index (χ4n) is 1.18. The van der Waals surface area contributed by atoms with Gasteiger partial charge in [-0.2, -0.15) is 0 Å². The van der Waals surface area contributed by atoms with Crippen molar-refractivity contribution in [3.63, 3.8) is 0 Å². The molecule has 0 aliphatic carbocycles. The van der Waals surface area contributed by atoms with E-state index < -0.39 is 0 Å². The molecular formula is C11H19N. The Balaban J connectivity index is 2.92. The molecule has 0 aliphatic heterocycles.